The molecule has 1 N–H and O–H groups in total. The molecule has 0 radical (unpaired) electrons. The molecule has 3 rings (SSSR count). The quantitative estimate of drug-likeness (QED) is 0.847. The molecule has 0 unspecified atom stereocenters. The first-order chi connectivity index (χ1) is 12.7. The number of carbonyl (C=O) groups is 1. The van der Waals surface area contributed by atoms with E-state index in [4.69, 9.17) is 0 Å². The number of aromatic nitrogens is 1. The third-order valence-corrected chi connectivity index (χ3v) is 6.06. The number of hydrogen-bond donors (Lipinski definition) is 1. The number of fused-ring (bicyclic) bond motifs is 1. The van der Waals surface area contributed by atoms with E-state index < -0.39 is 0 Å². The summed E-state index contributed by atoms with van der Waals surface area (Å²) >= 11 is 0. The third kappa shape index (κ3) is 4.97. The van der Waals surface area contributed by atoms with E-state index in [1.165, 1.54) is 50.8 Å². The van der Waals surface area contributed by atoms with Gasteiger partial charge in [0.1, 0.15) is 0 Å². The molecule has 5 heteroatoms. The monoisotopic (exact) mass is 358 g/mol. The van der Waals surface area contributed by atoms with Crippen LogP contribution in [0.4, 0.5) is 4.79 Å². The maximum absolute atomic E-state index is 12.4. The van der Waals surface area contributed by atoms with Crippen LogP contribution in [0.1, 0.15) is 56.7 Å². The standard InChI is InChI=1S/C21H34N4O/c1-3-17-9-10-19(23-15-17)16-24(2)21(26)22-12-11-18-7-6-14-25-13-5-4-8-20(18)25/h9-10,15,18,20H,3-8,11-14,16H2,1-2H3,(H,22,26)/t18-,20+/m0/s1. The number of urea groups is 1. The second-order valence-corrected chi connectivity index (χ2v) is 7.89. The van der Waals surface area contributed by atoms with Crippen molar-refractivity contribution in [3.63, 3.8) is 0 Å². The second-order valence-electron chi connectivity index (χ2n) is 7.89. The van der Waals surface area contributed by atoms with E-state index in [0.29, 0.717) is 6.54 Å². The van der Waals surface area contributed by atoms with Crippen molar-refractivity contribution in [3.05, 3.63) is 29.6 Å². The molecule has 0 spiro atoms. The van der Waals surface area contributed by atoms with Gasteiger partial charge >= 0.3 is 6.03 Å². The summed E-state index contributed by atoms with van der Waals surface area (Å²) in [5.74, 6) is 0.748. The van der Waals surface area contributed by atoms with Crippen LogP contribution in [-0.2, 0) is 13.0 Å². The summed E-state index contributed by atoms with van der Waals surface area (Å²) in [5, 5.41) is 3.11. The van der Waals surface area contributed by atoms with E-state index >= 15 is 0 Å². The summed E-state index contributed by atoms with van der Waals surface area (Å²) < 4.78 is 0. The van der Waals surface area contributed by atoms with E-state index in [0.717, 1.165) is 37.0 Å². The average Bonchev–Trinajstić information content (AvgIpc) is 2.68. The lowest BCUT2D eigenvalue weighted by Crippen LogP contribution is -2.48. The van der Waals surface area contributed by atoms with Crippen molar-refractivity contribution in [2.45, 2.75) is 64.5 Å². The molecule has 1 aromatic heterocycles. The predicted octanol–water partition coefficient (Wildman–Crippen LogP) is 3.44. The highest BCUT2D eigenvalue weighted by molar-refractivity contribution is 5.73. The van der Waals surface area contributed by atoms with Crippen molar-refractivity contribution in [2.75, 3.05) is 26.7 Å². The number of aryl methyl sites for hydroxylation is 1. The van der Waals surface area contributed by atoms with Gasteiger partial charge in [0.25, 0.3) is 0 Å². The molecular weight excluding hydrogens is 324 g/mol. The first kappa shape index (κ1) is 19.2. The van der Waals surface area contributed by atoms with Crippen LogP contribution in [-0.4, -0.2) is 53.5 Å². The van der Waals surface area contributed by atoms with E-state index in [1.807, 2.05) is 19.3 Å². The van der Waals surface area contributed by atoms with Gasteiger partial charge in [0.05, 0.1) is 12.2 Å². The van der Waals surface area contributed by atoms with Crippen LogP contribution in [0.15, 0.2) is 18.3 Å². The zero-order valence-corrected chi connectivity index (χ0v) is 16.4. The molecule has 2 fully saturated rings. The van der Waals surface area contributed by atoms with Crippen LogP contribution in [0.2, 0.25) is 0 Å². The first-order valence-corrected chi connectivity index (χ1v) is 10.3. The molecule has 0 bridgehead atoms. The highest BCUT2D eigenvalue weighted by atomic mass is 16.2. The number of rotatable bonds is 6. The van der Waals surface area contributed by atoms with Gasteiger partial charge < -0.3 is 15.1 Å². The lowest BCUT2D eigenvalue weighted by Gasteiger charge is -2.44. The Hall–Kier alpha value is -1.62. The minimum atomic E-state index is 0.00248. The molecule has 26 heavy (non-hydrogen) atoms. The first-order valence-electron chi connectivity index (χ1n) is 10.3. The van der Waals surface area contributed by atoms with E-state index in [1.54, 1.807) is 4.90 Å². The van der Waals surface area contributed by atoms with Crippen LogP contribution in [0, 0.1) is 5.92 Å². The molecule has 2 aliphatic heterocycles. The molecular formula is C21H34N4O. The Bertz CT molecular complexity index is 572. The van der Waals surface area contributed by atoms with Crippen LogP contribution in [0.25, 0.3) is 0 Å². The van der Waals surface area contributed by atoms with Crippen molar-refractivity contribution in [2.24, 2.45) is 5.92 Å². The Morgan fingerprint density at radius 1 is 1.27 bits per heavy atom. The smallest absolute Gasteiger partial charge is 0.317 e. The van der Waals surface area contributed by atoms with E-state index in [-0.39, 0.29) is 6.03 Å². The Morgan fingerprint density at radius 3 is 2.88 bits per heavy atom. The normalized spacial score (nSPS) is 23.3. The number of piperidine rings is 2. The van der Waals surface area contributed by atoms with Gasteiger partial charge in [-0.25, -0.2) is 4.79 Å². The van der Waals surface area contributed by atoms with Crippen LogP contribution < -0.4 is 5.32 Å². The topological polar surface area (TPSA) is 48.5 Å². The Morgan fingerprint density at radius 2 is 2.12 bits per heavy atom. The molecule has 2 aliphatic rings. The fourth-order valence-electron chi connectivity index (χ4n) is 4.49. The molecule has 144 valence electrons. The lowest BCUT2D eigenvalue weighted by atomic mass is 9.82. The molecule has 0 aliphatic carbocycles. The van der Waals surface area contributed by atoms with Gasteiger partial charge in [-0.1, -0.05) is 19.4 Å². The Kier molecular flexibility index (Phi) is 6.89. The van der Waals surface area contributed by atoms with Crippen molar-refractivity contribution in [3.8, 4) is 0 Å². The fourth-order valence-corrected chi connectivity index (χ4v) is 4.49. The van der Waals surface area contributed by atoms with Crippen LogP contribution in [0.3, 0.4) is 0 Å². The number of pyridine rings is 1. The van der Waals surface area contributed by atoms with Crippen LogP contribution >= 0.6 is 0 Å². The van der Waals surface area contributed by atoms with Gasteiger partial charge in [0, 0.05) is 25.8 Å². The summed E-state index contributed by atoms with van der Waals surface area (Å²) in [5.41, 5.74) is 2.16. The van der Waals surface area contributed by atoms with Gasteiger partial charge in [0.15, 0.2) is 0 Å². The maximum atomic E-state index is 12.4. The summed E-state index contributed by atoms with van der Waals surface area (Å²) in [4.78, 5) is 21.2. The van der Waals surface area contributed by atoms with Crippen molar-refractivity contribution >= 4 is 6.03 Å². The molecule has 0 saturated carbocycles. The minimum absolute atomic E-state index is 0.00248. The Balaban J connectivity index is 1.41. The highest BCUT2D eigenvalue weighted by Crippen LogP contribution is 2.32. The number of amides is 2. The van der Waals surface area contributed by atoms with Gasteiger partial charge in [-0.15, -0.1) is 0 Å². The molecule has 3 heterocycles. The number of carbonyl (C=O) groups excluding carboxylic acids is 1. The summed E-state index contributed by atoms with van der Waals surface area (Å²) in [7, 11) is 1.84. The van der Waals surface area contributed by atoms with Gasteiger partial charge in [-0.05, 0) is 69.2 Å². The van der Waals surface area contributed by atoms with Gasteiger partial charge in [0.2, 0.25) is 0 Å². The minimum Gasteiger partial charge on any atom is -0.338 e. The predicted molar refractivity (Wildman–Crippen MR) is 105 cm³/mol. The van der Waals surface area contributed by atoms with Crippen LogP contribution in [0.5, 0.6) is 0 Å². The molecule has 2 atom stereocenters. The molecule has 5 nitrogen and oxygen atoms in total. The molecule has 2 saturated heterocycles. The number of nitrogens with one attached hydrogen (secondary N) is 1. The summed E-state index contributed by atoms with van der Waals surface area (Å²) in [6, 6.07) is 4.87. The largest absolute Gasteiger partial charge is 0.338 e. The highest BCUT2D eigenvalue weighted by Gasteiger charge is 2.32. The SMILES string of the molecule is CCc1ccc(CN(C)C(=O)NCC[C@@H]2CCCN3CCCC[C@H]23)nc1. The van der Waals surface area contributed by atoms with Crippen molar-refractivity contribution in [1.29, 1.82) is 0 Å². The van der Waals surface area contributed by atoms with E-state index in [9.17, 15) is 4.79 Å². The zero-order chi connectivity index (χ0) is 18.4. The van der Waals surface area contributed by atoms with Crippen molar-refractivity contribution < 1.29 is 4.79 Å². The maximum Gasteiger partial charge on any atom is 0.317 e. The molecule has 1 aromatic rings. The summed E-state index contributed by atoms with van der Waals surface area (Å²) in [6.45, 7) is 6.01. The van der Waals surface area contributed by atoms with Crippen molar-refractivity contribution in [1.82, 2.24) is 20.1 Å². The van der Waals surface area contributed by atoms with Gasteiger partial charge in [-0.2, -0.15) is 0 Å². The fraction of sp³-hybridized carbons (Fsp3) is 0.714. The van der Waals surface area contributed by atoms with E-state index in [2.05, 4.69) is 28.2 Å². The Labute approximate surface area is 158 Å². The van der Waals surface area contributed by atoms with Gasteiger partial charge in [-0.3, -0.25) is 4.98 Å². The number of hydrogen-bond acceptors (Lipinski definition) is 3. The number of nitrogens with zero attached hydrogens (tertiary/aromatic N) is 3. The zero-order valence-electron chi connectivity index (χ0n) is 16.4. The average molecular weight is 359 g/mol. The third-order valence-electron chi connectivity index (χ3n) is 6.06. The summed E-state index contributed by atoms with van der Waals surface area (Å²) in [6.07, 6.45) is 10.7. The molecule has 0 aromatic carbocycles. The molecule has 2 amide bonds. The second kappa shape index (κ2) is 9.36. The lowest BCUT2D eigenvalue weighted by molar-refractivity contribution is 0.0560.